The Bertz CT molecular complexity index is 3260. The van der Waals surface area contributed by atoms with Gasteiger partial charge in [-0.15, -0.1) is 0 Å². The number of benzene rings is 8. The lowest BCUT2D eigenvalue weighted by Gasteiger charge is -2.32. The molecular weight excluding hydrogens is 755 g/mol. The second-order valence-corrected chi connectivity index (χ2v) is 17.1. The molecule has 1 spiro atoms. The van der Waals surface area contributed by atoms with Gasteiger partial charge in [-0.25, -0.2) is 0 Å². The van der Waals surface area contributed by atoms with Crippen molar-refractivity contribution in [3.8, 4) is 56.4 Å². The molecule has 1 aliphatic heterocycles. The summed E-state index contributed by atoms with van der Waals surface area (Å²) in [6.07, 6.45) is 6.42. The molecule has 0 saturated carbocycles. The van der Waals surface area contributed by atoms with Gasteiger partial charge in [0.1, 0.15) is 0 Å². The lowest BCUT2D eigenvalue weighted by Crippen LogP contribution is -2.26. The van der Waals surface area contributed by atoms with Crippen LogP contribution >= 0.6 is 0 Å². The Labute approximate surface area is 363 Å². The number of fused-ring (bicyclic) bond motifs is 13. The summed E-state index contributed by atoms with van der Waals surface area (Å²) in [6, 6.07) is 63.3. The predicted molar refractivity (Wildman–Crippen MR) is 254 cm³/mol. The van der Waals surface area contributed by atoms with Gasteiger partial charge in [0.05, 0.1) is 16.8 Å². The van der Waals surface area contributed by atoms with Gasteiger partial charge >= 0.3 is 0 Å². The van der Waals surface area contributed by atoms with Crippen molar-refractivity contribution in [2.24, 2.45) is 0 Å². The van der Waals surface area contributed by atoms with Crippen molar-refractivity contribution in [2.45, 2.75) is 31.6 Å². The molecule has 62 heavy (non-hydrogen) atoms. The van der Waals surface area contributed by atoms with Crippen LogP contribution in [0.3, 0.4) is 0 Å². The highest BCUT2D eigenvalue weighted by Crippen LogP contribution is 2.66. The van der Waals surface area contributed by atoms with Crippen LogP contribution in [0.25, 0.3) is 39.0 Å². The number of anilines is 3. The van der Waals surface area contributed by atoms with E-state index in [9.17, 15) is 0 Å². The molecule has 3 nitrogen and oxygen atoms in total. The first-order valence-electron chi connectivity index (χ1n) is 21.5. The third-order valence-corrected chi connectivity index (χ3v) is 13.7. The van der Waals surface area contributed by atoms with Crippen LogP contribution in [0.4, 0.5) is 17.1 Å². The molecule has 0 saturated heterocycles. The molecular formula is C59H43NO2. The van der Waals surface area contributed by atoms with E-state index in [2.05, 4.69) is 214 Å². The molecule has 1 unspecified atom stereocenters. The van der Waals surface area contributed by atoms with Gasteiger partial charge in [0.15, 0.2) is 23.0 Å². The summed E-state index contributed by atoms with van der Waals surface area (Å²) in [5.41, 5.74) is 19.6. The number of hydrogen-bond acceptors (Lipinski definition) is 3. The average molecular weight is 798 g/mol. The predicted octanol–water partition coefficient (Wildman–Crippen LogP) is 15.9. The van der Waals surface area contributed by atoms with Gasteiger partial charge < -0.3 is 14.4 Å². The fourth-order valence-electron chi connectivity index (χ4n) is 11.0. The monoisotopic (exact) mass is 797 g/mol. The molecule has 0 N–H and O–H groups in total. The highest BCUT2D eigenvalue weighted by Gasteiger charge is 2.53. The molecule has 3 aliphatic carbocycles. The van der Waals surface area contributed by atoms with Crippen molar-refractivity contribution < 1.29 is 9.47 Å². The lowest BCUT2D eigenvalue weighted by molar-refractivity contribution is 0.360. The Morgan fingerprint density at radius 2 is 1.15 bits per heavy atom. The standard InChI is InChI=1S/C59H43NO2/c1-5-18-47-40(6-2)42-22-11-15-26-48(42)59(47)49-27-16-12-24-45(49)56-50(59)32-34-54-57(56)62-55-36-39(30-33-53(55)61-54)60(38-19-8-7-9-20-38)52-28-17-13-21-41(52)37-29-31-44-43-23-10-14-25-46(43)58(3,4)51(44)35-37/h5-36H,2H2,1,3-4H3/b18-5-. The minimum absolute atomic E-state index is 0.109. The van der Waals surface area contributed by atoms with Gasteiger partial charge in [0, 0.05) is 28.3 Å². The van der Waals surface area contributed by atoms with Crippen LogP contribution in [0.15, 0.2) is 206 Å². The number of rotatable bonds is 6. The highest BCUT2D eigenvalue weighted by atomic mass is 16.6. The quantitative estimate of drug-likeness (QED) is 0.167. The number of nitrogens with zero attached hydrogens (tertiary/aromatic N) is 1. The first-order chi connectivity index (χ1) is 30.4. The molecule has 3 heteroatoms. The Hall–Kier alpha value is -7.62. The molecule has 0 fully saturated rings. The van der Waals surface area contributed by atoms with Crippen molar-refractivity contribution in [3.05, 3.63) is 240 Å². The summed E-state index contributed by atoms with van der Waals surface area (Å²) in [6.45, 7) is 11.1. The summed E-state index contributed by atoms with van der Waals surface area (Å²) in [7, 11) is 0. The van der Waals surface area contributed by atoms with Crippen molar-refractivity contribution in [2.75, 3.05) is 4.90 Å². The summed E-state index contributed by atoms with van der Waals surface area (Å²) >= 11 is 0. The van der Waals surface area contributed by atoms with E-state index in [-0.39, 0.29) is 5.41 Å². The van der Waals surface area contributed by atoms with Crippen LogP contribution in [-0.4, -0.2) is 0 Å². The molecule has 1 atom stereocenters. The largest absolute Gasteiger partial charge is 0.449 e. The first-order valence-corrected chi connectivity index (χ1v) is 21.5. The van der Waals surface area contributed by atoms with Gasteiger partial charge in [-0.2, -0.15) is 0 Å². The molecule has 12 rings (SSSR count). The summed E-state index contributed by atoms with van der Waals surface area (Å²) in [4.78, 5) is 2.34. The van der Waals surface area contributed by atoms with Crippen molar-refractivity contribution >= 4 is 22.6 Å². The van der Waals surface area contributed by atoms with E-state index >= 15 is 0 Å². The van der Waals surface area contributed by atoms with Crippen molar-refractivity contribution in [1.29, 1.82) is 0 Å². The van der Waals surface area contributed by atoms with Gasteiger partial charge in [-0.3, -0.25) is 0 Å². The van der Waals surface area contributed by atoms with Crippen LogP contribution in [0.2, 0.25) is 0 Å². The van der Waals surface area contributed by atoms with E-state index in [1.807, 2.05) is 12.1 Å². The van der Waals surface area contributed by atoms with Gasteiger partial charge in [0.2, 0.25) is 0 Å². The van der Waals surface area contributed by atoms with E-state index in [1.165, 1.54) is 55.6 Å². The summed E-state index contributed by atoms with van der Waals surface area (Å²) in [5.74, 6) is 2.78. The molecule has 0 radical (unpaired) electrons. The van der Waals surface area contributed by atoms with Gasteiger partial charge in [-0.1, -0.05) is 166 Å². The molecule has 0 bridgehead atoms. The van der Waals surface area contributed by atoms with Crippen LogP contribution in [0.1, 0.15) is 54.2 Å². The topological polar surface area (TPSA) is 21.7 Å². The van der Waals surface area contributed by atoms with Gasteiger partial charge in [0.25, 0.3) is 0 Å². The summed E-state index contributed by atoms with van der Waals surface area (Å²) in [5, 5.41) is 0. The first kappa shape index (κ1) is 36.2. The molecule has 0 aromatic heterocycles. The molecule has 8 aromatic rings. The zero-order chi connectivity index (χ0) is 41.7. The van der Waals surface area contributed by atoms with Crippen LogP contribution < -0.4 is 14.4 Å². The number of ether oxygens (including phenoxy) is 2. The lowest BCUT2D eigenvalue weighted by atomic mass is 9.69. The van der Waals surface area contributed by atoms with E-state index < -0.39 is 5.41 Å². The van der Waals surface area contributed by atoms with Crippen LogP contribution in [0.5, 0.6) is 23.0 Å². The van der Waals surface area contributed by atoms with Crippen molar-refractivity contribution in [1.82, 2.24) is 0 Å². The molecule has 0 amide bonds. The zero-order valence-electron chi connectivity index (χ0n) is 34.9. The second kappa shape index (κ2) is 13.4. The molecule has 4 aliphatic rings. The summed E-state index contributed by atoms with van der Waals surface area (Å²) < 4.78 is 14.0. The third kappa shape index (κ3) is 4.88. The minimum atomic E-state index is -0.539. The second-order valence-electron chi connectivity index (χ2n) is 17.1. The van der Waals surface area contributed by atoms with Crippen LogP contribution in [0, 0.1) is 0 Å². The van der Waals surface area contributed by atoms with Crippen LogP contribution in [-0.2, 0) is 10.8 Å². The smallest absolute Gasteiger partial charge is 0.178 e. The van der Waals surface area contributed by atoms with E-state index in [4.69, 9.17) is 9.47 Å². The van der Waals surface area contributed by atoms with Crippen molar-refractivity contribution in [3.63, 3.8) is 0 Å². The molecule has 8 aromatic carbocycles. The maximum absolute atomic E-state index is 7.19. The molecule has 296 valence electrons. The van der Waals surface area contributed by atoms with E-state index in [0.717, 1.165) is 45.1 Å². The minimum Gasteiger partial charge on any atom is -0.449 e. The number of hydrogen-bond donors (Lipinski definition) is 0. The number of para-hydroxylation sites is 2. The SMILES string of the molecule is C=CC1=C(/C=C\C)C2(c3ccccc31)c1ccccc1-c1c2ccc2c1Oc1cc(N(c3ccccc3)c3ccccc3-c3ccc4c(c3)C(C)(C)c3ccccc3-4)ccc1O2. The fourth-order valence-corrected chi connectivity index (χ4v) is 11.0. The normalized spacial score (nSPS) is 16.7. The molecule has 1 heterocycles. The Morgan fingerprint density at radius 1 is 0.500 bits per heavy atom. The Morgan fingerprint density at radius 3 is 1.92 bits per heavy atom. The third-order valence-electron chi connectivity index (χ3n) is 13.7. The van der Waals surface area contributed by atoms with E-state index in [0.29, 0.717) is 17.2 Å². The zero-order valence-corrected chi connectivity index (χ0v) is 34.9. The average Bonchev–Trinajstić information content (AvgIpc) is 3.87. The van der Waals surface area contributed by atoms with E-state index in [1.54, 1.807) is 0 Å². The number of allylic oxidation sites excluding steroid dienone is 5. The maximum Gasteiger partial charge on any atom is 0.178 e. The Kier molecular flexibility index (Phi) is 7.86. The van der Waals surface area contributed by atoms with Gasteiger partial charge in [-0.05, 0) is 116 Å². The fraction of sp³-hybridized carbons (Fsp3) is 0.0847. The highest BCUT2D eigenvalue weighted by molar-refractivity contribution is 6.00. The maximum atomic E-state index is 7.19. The Balaban J connectivity index is 1.00.